The van der Waals surface area contributed by atoms with Crippen molar-refractivity contribution in [2.75, 3.05) is 33.0 Å². The Balaban J connectivity index is 1.28. The van der Waals surface area contributed by atoms with Gasteiger partial charge in [-0.15, -0.1) is 0 Å². The maximum Gasteiger partial charge on any atom is 0.253 e. The van der Waals surface area contributed by atoms with Gasteiger partial charge in [-0.25, -0.2) is 0 Å². The van der Waals surface area contributed by atoms with Gasteiger partial charge in [-0.1, -0.05) is 18.2 Å². The Morgan fingerprint density at radius 1 is 0.931 bits per heavy atom. The third-order valence-electron chi connectivity index (χ3n) is 5.25. The molecule has 1 N–H and O–H groups in total. The number of amides is 2. The molecule has 7 nitrogen and oxygen atoms in total. The van der Waals surface area contributed by atoms with Gasteiger partial charge in [0.25, 0.3) is 5.91 Å². The van der Waals surface area contributed by atoms with Crippen molar-refractivity contribution in [3.05, 3.63) is 59.2 Å². The van der Waals surface area contributed by atoms with Crippen LogP contribution in [0.4, 0.5) is 0 Å². The van der Waals surface area contributed by atoms with E-state index in [4.69, 9.17) is 9.47 Å². The molecule has 4 rings (SSSR count). The van der Waals surface area contributed by atoms with Crippen molar-refractivity contribution in [2.24, 2.45) is 0 Å². The maximum absolute atomic E-state index is 12.8. The minimum atomic E-state index is -0.0660. The summed E-state index contributed by atoms with van der Waals surface area (Å²) >= 11 is 0. The molecule has 2 amide bonds. The van der Waals surface area contributed by atoms with Gasteiger partial charge in [0, 0.05) is 51.8 Å². The number of ether oxygens (including phenoxy) is 2. The van der Waals surface area contributed by atoms with Crippen LogP contribution in [-0.2, 0) is 17.9 Å². The molecule has 2 heterocycles. The molecule has 1 fully saturated rings. The van der Waals surface area contributed by atoms with Gasteiger partial charge in [0.2, 0.25) is 12.7 Å². The molecule has 0 aromatic heterocycles. The molecule has 0 spiro atoms. The molecular weight excluding hydrogens is 370 g/mol. The molecular formula is C22H25N3O4. The summed E-state index contributed by atoms with van der Waals surface area (Å²) < 4.78 is 10.8. The zero-order chi connectivity index (χ0) is 20.2. The van der Waals surface area contributed by atoms with Crippen LogP contribution < -0.4 is 14.8 Å². The van der Waals surface area contributed by atoms with Gasteiger partial charge in [0.1, 0.15) is 0 Å². The second-order valence-electron chi connectivity index (χ2n) is 7.36. The number of carbonyl (C=O) groups is 2. The number of nitrogens with zero attached hydrogens (tertiary/aromatic N) is 2. The molecule has 0 aliphatic carbocycles. The lowest BCUT2D eigenvalue weighted by Crippen LogP contribution is -2.48. The van der Waals surface area contributed by atoms with Crippen molar-refractivity contribution in [1.82, 2.24) is 15.1 Å². The van der Waals surface area contributed by atoms with Crippen LogP contribution in [0.5, 0.6) is 11.5 Å². The van der Waals surface area contributed by atoms with Gasteiger partial charge in [0.15, 0.2) is 11.5 Å². The number of benzene rings is 2. The van der Waals surface area contributed by atoms with Crippen LogP contribution in [0.25, 0.3) is 0 Å². The first kappa shape index (κ1) is 19.3. The van der Waals surface area contributed by atoms with E-state index < -0.39 is 0 Å². The number of nitrogens with one attached hydrogen (secondary N) is 1. The summed E-state index contributed by atoms with van der Waals surface area (Å²) in [7, 11) is 0. The molecule has 2 aliphatic heterocycles. The van der Waals surface area contributed by atoms with E-state index in [1.807, 2.05) is 41.3 Å². The smallest absolute Gasteiger partial charge is 0.253 e. The summed E-state index contributed by atoms with van der Waals surface area (Å²) in [4.78, 5) is 28.0. The Morgan fingerprint density at radius 2 is 1.62 bits per heavy atom. The largest absolute Gasteiger partial charge is 0.454 e. The summed E-state index contributed by atoms with van der Waals surface area (Å²) in [6.07, 6.45) is 0. The molecule has 1 saturated heterocycles. The molecule has 2 aliphatic rings. The van der Waals surface area contributed by atoms with E-state index >= 15 is 0 Å². The Kier molecular flexibility index (Phi) is 5.67. The highest BCUT2D eigenvalue weighted by molar-refractivity contribution is 5.94. The van der Waals surface area contributed by atoms with Crippen molar-refractivity contribution >= 4 is 11.8 Å². The van der Waals surface area contributed by atoms with E-state index in [1.54, 1.807) is 0 Å². The van der Waals surface area contributed by atoms with E-state index in [-0.39, 0.29) is 18.6 Å². The van der Waals surface area contributed by atoms with Crippen LogP contribution in [0.2, 0.25) is 0 Å². The quantitative estimate of drug-likeness (QED) is 0.839. The van der Waals surface area contributed by atoms with Gasteiger partial charge in [0.05, 0.1) is 0 Å². The predicted molar refractivity (Wildman–Crippen MR) is 108 cm³/mol. The van der Waals surface area contributed by atoms with Crippen molar-refractivity contribution in [3.8, 4) is 11.5 Å². The van der Waals surface area contributed by atoms with Crippen molar-refractivity contribution in [1.29, 1.82) is 0 Å². The number of piperazine rings is 1. The Bertz CT molecular complexity index is 889. The number of hydrogen-bond acceptors (Lipinski definition) is 5. The van der Waals surface area contributed by atoms with E-state index in [0.717, 1.165) is 36.7 Å². The topological polar surface area (TPSA) is 71.1 Å². The predicted octanol–water partition coefficient (Wildman–Crippen LogP) is 2.01. The third kappa shape index (κ3) is 4.68. The summed E-state index contributed by atoms with van der Waals surface area (Å²) in [6, 6.07) is 13.5. The Morgan fingerprint density at radius 3 is 2.34 bits per heavy atom. The van der Waals surface area contributed by atoms with Crippen LogP contribution >= 0.6 is 0 Å². The fourth-order valence-electron chi connectivity index (χ4n) is 3.58. The molecule has 152 valence electrons. The molecule has 0 atom stereocenters. The Hall–Kier alpha value is -3.06. The van der Waals surface area contributed by atoms with E-state index in [0.29, 0.717) is 25.2 Å². The van der Waals surface area contributed by atoms with Crippen LogP contribution in [0, 0.1) is 0 Å². The van der Waals surface area contributed by atoms with Gasteiger partial charge >= 0.3 is 0 Å². The average Bonchev–Trinajstić information content (AvgIpc) is 3.20. The highest BCUT2D eigenvalue weighted by Crippen LogP contribution is 2.32. The average molecular weight is 395 g/mol. The van der Waals surface area contributed by atoms with Crippen LogP contribution in [-0.4, -0.2) is 54.6 Å². The van der Waals surface area contributed by atoms with Crippen LogP contribution in [0.15, 0.2) is 42.5 Å². The highest BCUT2D eigenvalue weighted by atomic mass is 16.7. The van der Waals surface area contributed by atoms with E-state index in [9.17, 15) is 9.59 Å². The first-order chi connectivity index (χ1) is 14.1. The number of carbonyl (C=O) groups excluding carboxylic acids is 2. The first-order valence-electron chi connectivity index (χ1n) is 9.82. The SMILES string of the molecule is CC(=O)NCc1ccc(C(=O)N2CCN(Cc3ccc4c(c3)OCO4)CC2)cc1. The summed E-state index contributed by atoms with van der Waals surface area (Å²) in [6.45, 7) is 6.16. The Labute approximate surface area is 170 Å². The van der Waals surface area contributed by atoms with Gasteiger partial charge in [-0.05, 0) is 35.4 Å². The molecule has 0 saturated carbocycles. The summed E-state index contributed by atoms with van der Waals surface area (Å²) in [5.41, 5.74) is 2.84. The van der Waals surface area contributed by atoms with E-state index in [1.165, 1.54) is 12.5 Å². The third-order valence-corrected chi connectivity index (χ3v) is 5.25. The summed E-state index contributed by atoms with van der Waals surface area (Å²) in [5.74, 6) is 1.59. The lowest BCUT2D eigenvalue weighted by Gasteiger charge is -2.34. The van der Waals surface area contributed by atoms with Crippen molar-refractivity contribution in [2.45, 2.75) is 20.0 Å². The molecule has 0 radical (unpaired) electrons. The lowest BCUT2D eigenvalue weighted by atomic mass is 10.1. The molecule has 7 heteroatoms. The molecule has 0 bridgehead atoms. The minimum absolute atomic E-state index is 0.0545. The zero-order valence-electron chi connectivity index (χ0n) is 16.5. The number of fused-ring (bicyclic) bond motifs is 1. The first-order valence-corrected chi connectivity index (χ1v) is 9.82. The van der Waals surface area contributed by atoms with Gasteiger partial charge in [-0.2, -0.15) is 0 Å². The van der Waals surface area contributed by atoms with Crippen LogP contribution in [0.1, 0.15) is 28.4 Å². The fraction of sp³-hybridized carbons (Fsp3) is 0.364. The highest BCUT2D eigenvalue weighted by Gasteiger charge is 2.23. The van der Waals surface area contributed by atoms with Crippen LogP contribution in [0.3, 0.4) is 0 Å². The van der Waals surface area contributed by atoms with Crippen molar-refractivity contribution < 1.29 is 19.1 Å². The van der Waals surface area contributed by atoms with Gasteiger partial charge in [-0.3, -0.25) is 14.5 Å². The second-order valence-corrected chi connectivity index (χ2v) is 7.36. The molecule has 2 aromatic rings. The van der Waals surface area contributed by atoms with Crippen molar-refractivity contribution in [3.63, 3.8) is 0 Å². The molecule has 29 heavy (non-hydrogen) atoms. The minimum Gasteiger partial charge on any atom is -0.454 e. The standard InChI is InChI=1S/C22H25N3O4/c1-16(26)23-13-17-2-5-19(6-3-17)22(27)25-10-8-24(9-11-25)14-18-4-7-20-21(12-18)29-15-28-20/h2-7,12H,8-11,13-15H2,1H3,(H,23,26). The molecule has 2 aromatic carbocycles. The normalized spacial score (nSPS) is 16.0. The number of rotatable bonds is 5. The monoisotopic (exact) mass is 395 g/mol. The van der Waals surface area contributed by atoms with E-state index in [2.05, 4.69) is 16.3 Å². The maximum atomic E-state index is 12.8. The second kappa shape index (κ2) is 8.53. The number of hydrogen-bond donors (Lipinski definition) is 1. The fourth-order valence-corrected chi connectivity index (χ4v) is 3.58. The van der Waals surface area contributed by atoms with Gasteiger partial charge < -0.3 is 19.7 Å². The molecule has 0 unspecified atom stereocenters. The summed E-state index contributed by atoms with van der Waals surface area (Å²) in [5, 5.41) is 2.76. The lowest BCUT2D eigenvalue weighted by molar-refractivity contribution is -0.119. The zero-order valence-corrected chi connectivity index (χ0v) is 16.5.